The van der Waals surface area contributed by atoms with Crippen LogP contribution in [-0.4, -0.2) is 18.0 Å². The number of nitrogens with two attached hydrogens (primary N) is 1. The number of hydrogen-bond acceptors (Lipinski definition) is 2. The van der Waals surface area contributed by atoms with E-state index in [0.717, 1.165) is 19.3 Å². The lowest BCUT2D eigenvalue weighted by Gasteiger charge is -2.32. The lowest BCUT2D eigenvalue weighted by molar-refractivity contribution is -0.123. The number of carbonyl (C=O) groups excluding carboxylic acids is 1. The molecule has 1 fully saturated rings. The van der Waals surface area contributed by atoms with Gasteiger partial charge in [0.15, 0.2) is 0 Å². The third-order valence-corrected chi connectivity index (χ3v) is 3.59. The minimum absolute atomic E-state index is 0.0324. The highest BCUT2D eigenvalue weighted by molar-refractivity contribution is 5.81. The molecule has 0 radical (unpaired) electrons. The van der Waals surface area contributed by atoms with Gasteiger partial charge < -0.3 is 11.1 Å². The summed E-state index contributed by atoms with van der Waals surface area (Å²) in [5.74, 6) is 1.93. The minimum Gasteiger partial charge on any atom is -0.352 e. The van der Waals surface area contributed by atoms with Crippen molar-refractivity contribution in [3.05, 3.63) is 0 Å². The van der Waals surface area contributed by atoms with E-state index in [2.05, 4.69) is 33.0 Å². The van der Waals surface area contributed by atoms with Crippen molar-refractivity contribution in [1.29, 1.82) is 0 Å². The first kappa shape index (κ1) is 14.5. The van der Waals surface area contributed by atoms with Gasteiger partial charge in [-0.3, -0.25) is 4.79 Å². The Hall–Kier alpha value is -0.570. The Morgan fingerprint density at radius 3 is 2.24 bits per heavy atom. The van der Waals surface area contributed by atoms with E-state index in [1.54, 1.807) is 0 Å². The van der Waals surface area contributed by atoms with Crippen molar-refractivity contribution in [2.45, 2.75) is 65.5 Å². The van der Waals surface area contributed by atoms with Crippen LogP contribution in [0.5, 0.6) is 0 Å². The normalized spacial score (nSPS) is 31.3. The fraction of sp³-hybridized carbons (Fsp3) is 0.929. The standard InChI is InChI=1S/C14H28N2O/c1-9(2)5-13(15)14(17)16-12-7-10(3)6-11(4)8-12/h9-13H,5-8,15H2,1-4H3,(H,16,17)/t10?,11?,12?,13-/m0/s1. The van der Waals surface area contributed by atoms with Gasteiger partial charge >= 0.3 is 0 Å². The Morgan fingerprint density at radius 2 is 1.76 bits per heavy atom. The van der Waals surface area contributed by atoms with Crippen molar-refractivity contribution in [3.8, 4) is 0 Å². The minimum atomic E-state index is -0.345. The summed E-state index contributed by atoms with van der Waals surface area (Å²) in [7, 11) is 0. The molecule has 1 aliphatic carbocycles. The fourth-order valence-electron chi connectivity index (χ4n) is 2.99. The second kappa shape index (κ2) is 6.39. The molecule has 0 heterocycles. The van der Waals surface area contributed by atoms with Crippen molar-refractivity contribution in [1.82, 2.24) is 5.32 Å². The van der Waals surface area contributed by atoms with E-state index in [-0.39, 0.29) is 11.9 Å². The molecule has 3 N–H and O–H groups in total. The molecule has 0 bridgehead atoms. The Bertz CT molecular complexity index is 243. The Kier molecular flexibility index (Phi) is 5.44. The van der Waals surface area contributed by atoms with Crippen molar-refractivity contribution in [3.63, 3.8) is 0 Å². The average molecular weight is 240 g/mol. The van der Waals surface area contributed by atoms with Crippen LogP contribution in [0, 0.1) is 17.8 Å². The van der Waals surface area contributed by atoms with Gasteiger partial charge in [-0.15, -0.1) is 0 Å². The zero-order valence-electron chi connectivity index (χ0n) is 11.7. The maximum absolute atomic E-state index is 11.9. The lowest BCUT2D eigenvalue weighted by atomic mass is 9.80. The average Bonchev–Trinajstić information content (AvgIpc) is 2.14. The molecule has 100 valence electrons. The molecule has 0 saturated heterocycles. The molecule has 0 aliphatic heterocycles. The highest BCUT2D eigenvalue weighted by Gasteiger charge is 2.26. The van der Waals surface area contributed by atoms with Gasteiger partial charge in [0.05, 0.1) is 6.04 Å². The Labute approximate surface area is 106 Å². The van der Waals surface area contributed by atoms with Crippen LogP contribution >= 0.6 is 0 Å². The molecule has 0 aromatic rings. The summed E-state index contributed by atoms with van der Waals surface area (Å²) in [5.41, 5.74) is 5.89. The lowest BCUT2D eigenvalue weighted by Crippen LogP contribution is -2.48. The molecule has 1 saturated carbocycles. The van der Waals surface area contributed by atoms with E-state index in [1.165, 1.54) is 6.42 Å². The second-order valence-electron chi connectivity index (χ2n) is 6.36. The van der Waals surface area contributed by atoms with Crippen molar-refractivity contribution in [2.75, 3.05) is 0 Å². The van der Waals surface area contributed by atoms with Gasteiger partial charge in [0.1, 0.15) is 0 Å². The molecule has 1 amide bonds. The van der Waals surface area contributed by atoms with Gasteiger partial charge in [-0.1, -0.05) is 27.7 Å². The SMILES string of the molecule is CC(C)C[C@H](N)C(=O)NC1CC(C)CC(C)C1. The van der Waals surface area contributed by atoms with E-state index in [0.29, 0.717) is 23.8 Å². The summed E-state index contributed by atoms with van der Waals surface area (Å²) in [6.45, 7) is 8.72. The third-order valence-electron chi connectivity index (χ3n) is 3.59. The molecule has 0 spiro atoms. The second-order valence-corrected chi connectivity index (χ2v) is 6.36. The highest BCUT2D eigenvalue weighted by atomic mass is 16.2. The van der Waals surface area contributed by atoms with E-state index >= 15 is 0 Å². The van der Waals surface area contributed by atoms with E-state index in [9.17, 15) is 4.79 Å². The van der Waals surface area contributed by atoms with Gasteiger partial charge in [0, 0.05) is 6.04 Å². The smallest absolute Gasteiger partial charge is 0.237 e. The largest absolute Gasteiger partial charge is 0.352 e. The van der Waals surface area contributed by atoms with Crippen LogP contribution in [0.1, 0.15) is 53.4 Å². The zero-order chi connectivity index (χ0) is 13.0. The summed E-state index contributed by atoms with van der Waals surface area (Å²) in [4.78, 5) is 11.9. The van der Waals surface area contributed by atoms with Crippen molar-refractivity contribution >= 4 is 5.91 Å². The van der Waals surface area contributed by atoms with E-state index in [4.69, 9.17) is 5.73 Å². The van der Waals surface area contributed by atoms with Crippen LogP contribution in [0.2, 0.25) is 0 Å². The van der Waals surface area contributed by atoms with Crippen LogP contribution < -0.4 is 11.1 Å². The van der Waals surface area contributed by atoms with Crippen LogP contribution in [-0.2, 0) is 4.79 Å². The van der Waals surface area contributed by atoms with Gasteiger partial charge in [-0.2, -0.15) is 0 Å². The van der Waals surface area contributed by atoms with Crippen LogP contribution in [0.25, 0.3) is 0 Å². The fourth-order valence-corrected chi connectivity index (χ4v) is 2.99. The number of nitrogens with one attached hydrogen (secondary N) is 1. The van der Waals surface area contributed by atoms with E-state index in [1.807, 2.05) is 0 Å². The van der Waals surface area contributed by atoms with Gasteiger partial charge in [-0.25, -0.2) is 0 Å². The zero-order valence-corrected chi connectivity index (χ0v) is 11.7. The van der Waals surface area contributed by atoms with E-state index < -0.39 is 0 Å². The molecule has 3 nitrogen and oxygen atoms in total. The molecule has 17 heavy (non-hydrogen) atoms. The van der Waals surface area contributed by atoms with Gasteiger partial charge in [0.2, 0.25) is 5.91 Å². The van der Waals surface area contributed by atoms with Crippen molar-refractivity contribution in [2.24, 2.45) is 23.5 Å². The predicted molar refractivity (Wildman–Crippen MR) is 71.5 cm³/mol. The number of amides is 1. The summed E-state index contributed by atoms with van der Waals surface area (Å²) in [6, 6.07) is -0.0120. The predicted octanol–water partition coefficient (Wildman–Crippen LogP) is 2.30. The molecule has 3 atom stereocenters. The third kappa shape index (κ3) is 5.07. The monoisotopic (exact) mass is 240 g/mol. The van der Waals surface area contributed by atoms with Gasteiger partial charge in [-0.05, 0) is 43.4 Å². The summed E-state index contributed by atoms with van der Waals surface area (Å²) in [6.07, 6.45) is 4.25. The molecule has 3 heteroatoms. The Balaban J connectivity index is 2.39. The van der Waals surface area contributed by atoms with Crippen LogP contribution in [0.4, 0.5) is 0 Å². The number of hydrogen-bond donors (Lipinski definition) is 2. The summed E-state index contributed by atoms with van der Waals surface area (Å²) in [5, 5.41) is 3.12. The molecule has 1 rings (SSSR count). The molecular formula is C14H28N2O. The van der Waals surface area contributed by atoms with Crippen LogP contribution in [0.15, 0.2) is 0 Å². The number of rotatable bonds is 4. The maximum Gasteiger partial charge on any atom is 0.237 e. The first-order chi connectivity index (χ1) is 7.88. The molecule has 1 aliphatic rings. The summed E-state index contributed by atoms with van der Waals surface area (Å²) >= 11 is 0. The first-order valence-electron chi connectivity index (χ1n) is 6.94. The molecular weight excluding hydrogens is 212 g/mol. The maximum atomic E-state index is 11.9. The quantitative estimate of drug-likeness (QED) is 0.792. The molecule has 0 aromatic carbocycles. The summed E-state index contributed by atoms with van der Waals surface area (Å²) < 4.78 is 0. The molecule has 2 unspecified atom stereocenters. The van der Waals surface area contributed by atoms with Gasteiger partial charge in [0.25, 0.3) is 0 Å². The topological polar surface area (TPSA) is 55.1 Å². The highest BCUT2D eigenvalue weighted by Crippen LogP contribution is 2.28. The first-order valence-corrected chi connectivity index (χ1v) is 6.94. The van der Waals surface area contributed by atoms with Crippen LogP contribution in [0.3, 0.4) is 0 Å². The Morgan fingerprint density at radius 1 is 1.24 bits per heavy atom. The van der Waals surface area contributed by atoms with Crippen molar-refractivity contribution < 1.29 is 4.79 Å². The molecule has 0 aromatic heterocycles. The number of carbonyl (C=O) groups is 1.